The van der Waals surface area contributed by atoms with Gasteiger partial charge in [0, 0.05) is 39.8 Å². The van der Waals surface area contributed by atoms with Crippen molar-refractivity contribution < 1.29 is 4.74 Å². The Morgan fingerprint density at radius 3 is 2.00 bits per heavy atom. The average molecular weight is 299 g/mol. The highest BCUT2D eigenvalue weighted by Crippen LogP contribution is 2.27. The third-order valence-electron chi connectivity index (χ3n) is 5.11. The smallest absolute Gasteiger partial charge is 0.0589 e. The molecule has 0 spiro atoms. The molecule has 1 aliphatic heterocycles. The molecule has 0 atom stereocenters. The number of hydrogen-bond acceptors (Lipinski definition) is 3. The molecule has 3 heteroatoms. The van der Waals surface area contributed by atoms with Crippen LogP contribution in [-0.4, -0.2) is 62.8 Å². The standard InChI is InChI=1S/C18H38N2O/c1-5-18(2,3)10-8-6-7-9-11-19-12-14-20(15-13-19)16-17-21-4/h5-17H2,1-4H3. The maximum atomic E-state index is 5.15. The van der Waals surface area contributed by atoms with E-state index in [1.54, 1.807) is 7.11 Å². The zero-order valence-corrected chi connectivity index (χ0v) is 15.0. The lowest BCUT2D eigenvalue weighted by molar-refractivity contribution is 0.0961. The number of rotatable bonds is 11. The van der Waals surface area contributed by atoms with Crippen LogP contribution >= 0.6 is 0 Å². The molecular weight excluding hydrogens is 260 g/mol. The van der Waals surface area contributed by atoms with Gasteiger partial charge >= 0.3 is 0 Å². The highest BCUT2D eigenvalue weighted by molar-refractivity contribution is 4.72. The number of hydrogen-bond donors (Lipinski definition) is 0. The number of piperazine rings is 1. The van der Waals surface area contributed by atoms with Crippen LogP contribution in [0.15, 0.2) is 0 Å². The number of nitrogens with zero attached hydrogens (tertiary/aromatic N) is 2. The average Bonchev–Trinajstić information content (AvgIpc) is 2.50. The first-order valence-corrected chi connectivity index (χ1v) is 9.01. The molecule has 1 fully saturated rings. The van der Waals surface area contributed by atoms with E-state index in [2.05, 4.69) is 30.6 Å². The summed E-state index contributed by atoms with van der Waals surface area (Å²) in [6.45, 7) is 15.3. The van der Waals surface area contributed by atoms with Gasteiger partial charge < -0.3 is 9.64 Å². The molecule has 1 rings (SSSR count). The number of ether oxygens (including phenoxy) is 1. The number of unbranched alkanes of at least 4 members (excludes halogenated alkanes) is 3. The summed E-state index contributed by atoms with van der Waals surface area (Å²) in [4.78, 5) is 5.16. The largest absolute Gasteiger partial charge is 0.383 e. The van der Waals surface area contributed by atoms with Gasteiger partial charge in [0.25, 0.3) is 0 Å². The van der Waals surface area contributed by atoms with E-state index in [1.807, 2.05) is 0 Å². The van der Waals surface area contributed by atoms with E-state index in [4.69, 9.17) is 4.74 Å². The molecule has 1 heterocycles. The monoisotopic (exact) mass is 298 g/mol. The van der Waals surface area contributed by atoms with Crippen molar-refractivity contribution in [2.45, 2.75) is 59.3 Å². The second-order valence-electron chi connectivity index (χ2n) is 7.36. The lowest BCUT2D eigenvalue weighted by Gasteiger charge is -2.34. The first-order valence-electron chi connectivity index (χ1n) is 9.01. The van der Waals surface area contributed by atoms with Crippen LogP contribution in [0.4, 0.5) is 0 Å². The third-order valence-corrected chi connectivity index (χ3v) is 5.11. The summed E-state index contributed by atoms with van der Waals surface area (Å²) in [5.41, 5.74) is 0.554. The SMILES string of the molecule is CCC(C)(C)CCCCCCN1CCN(CCOC)CC1. The Bertz CT molecular complexity index is 248. The van der Waals surface area contributed by atoms with Gasteiger partial charge in [0.05, 0.1) is 6.61 Å². The Morgan fingerprint density at radius 2 is 1.43 bits per heavy atom. The molecule has 0 amide bonds. The molecule has 0 aromatic heterocycles. The van der Waals surface area contributed by atoms with Crippen molar-refractivity contribution in [1.29, 1.82) is 0 Å². The quantitative estimate of drug-likeness (QED) is 0.542. The van der Waals surface area contributed by atoms with Gasteiger partial charge in [-0.05, 0) is 24.8 Å². The van der Waals surface area contributed by atoms with Crippen LogP contribution in [0.1, 0.15) is 59.3 Å². The van der Waals surface area contributed by atoms with Crippen molar-refractivity contribution in [3.8, 4) is 0 Å². The van der Waals surface area contributed by atoms with Gasteiger partial charge in [-0.2, -0.15) is 0 Å². The molecule has 0 aromatic carbocycles. The molecule has 0 aliphatic carbocycles. The molecule has 0 aromatic rings. The molecule has 126 valence electrons. The van der Waals surface area contributed by atoms with Crippen LogP contribution in [0.2, 0.25) is 0 Å². The topological polar surface area (TPSA) is 15.7 Å². The predicted molar refractivity (Wildman–Crippen MR) is 91.9 cm³/mol. The normalized spacial score (nSPS) is 18.3. The van der Waals surface area contributed by atoms with Crippen molar-refractivity contribution in [3.05, 3.63) is 0 Å². The van der Waals surface area contributed by atoms with Crippen LogP contribution in [0, 0.1) is 5.41 Å². The summed E-state index contributed by atoms with van der Waals surface area (Å²) < 4.78 is 5.15. The molecule has 3 nitrogen and oxygen atoms in total. The van der Waals surface area contributed by atoms with Crippen LogP contribution in [-0.2, 0) is 4.74 Å². The fourth-order valence-corrected chi connectivity index (χ4v) is 2.93. The van der Waals surface area contributed by atoms with Crippen molar-refractivity contribution in [3.63, 3.8) is 0 Å². The lowest BCUT2D eigenvalue weighted by atomic mass is 9.84. The summed E-state index contributed by atoms with van der Waals surface area (Å²) in [6.07, 6.45) is 8.30. The first kappa shape index (κ1) is 18.9. The highest BCUT2D eigenvalue weighted by Gasteiger charge is 2.16. The summed E-state index contributed by atoms with van der Waals surface area (Å²) in [5.74, 6) is 0. The minimum Gasteiger partial charge on any atom is -0.383 e. The van der Waals surface area contributed by atoms with E-state index in [-0.39, 0.29) is 0 Å². The summed E-state index contributed by atoms with van der Waals surface area (Å²) in [6, 6.07) is 0. The van der Waals surface area contributed by atoms with Gasteiger partial charge in [-0.15, -0.1) is 0 Å². The van der Waals surface area contributed by atoms with Gasteiger partial charge in [0.2, 0.25) is 0 Å². The molecule has 0 unspecified atom stereocenters. The van der Waals surface area contributed by atoms with E-state index in [1.165, 1.54) is 71.2 Å². The van der Waals surface area contributed by atoms with Gasteiger partial charge in [-0.1, -0.05) is 46.5 Å². The van der Waals surface area contributed by atoms with Crippen molar-refractivity contribution in [1.82, 2.24) is 9.80 Å². The molecule has 1 aliphatic rings. The first-order chi connectivity index (χ1) is 10.1. The highest BCUT2D eigenvalue weighted by atomic mass is 16.5. The lowest BCUT2D eigenvalue weighted by Crippen LogP contribution is -2.47. The summed E-state index contributed by atoms with van der Waals surface area (Å²) in [5, 5.41) is 0. The zero-order valence-electron chi connectivity index (χ0n) is 15.0. The van der Waals surface area contributed by atoms with Crippen molar-refractivity contribution >= 4 is 0 Å². The second kappa shape index (κ2) is 10.6. The fraction of sp³-hybridized carbons (Fsp3) is 1.00. The molecule has 0 radical (unpaired) electrons. The maximum Gasteiger partial charge on any atom is 0.0589 e. The van der Waals surface area contributed by atoms with Gasteiger partial charge in [0.1, 0.15) is 0 Å². The van der Waals surface area contributed by atoms with Crippen LogP contribution in [0.5, 0.6) is 0 Å². The Labute approximate surface area is 133 Å². The fourth-order valence-electron chi connectivity index (χ4n) is 2.93. The zero-order chi connectivity index (χ0) is 15.6. The summed E-state index contributed by atoms with van der Waals surface area (Å²) in [7, 11) is 1.79. The third kappa shape index (κ3) is 8.80. The van der Waals surface area contributed by atoms with Crippen LogP contribution < -0.4 is 0 Å². The Hall–Kier alpha value is -0.120. The van der Waals surface area contributed by atoms with Crippen molar-refractivity contribution in [2.75, 3.05) is 53.0 Å². The minimum atomic E-state index is 0.554. The Kier molecular flexibility index (Phi) is 9.54. The van der Waals surface area contributed by atoms with E-state index in [9.17, 15) is 0 Å². The van der Waals surface area contributed by atoms with Gasteiger partial charge in [-0.3, -0.25) is 4.90 Å². The predicted octanol–water partition coefficient (Wildman–Crippen LogP) is 3.64. The van der Waals surface area contributed by atoms with Gasteiger partial charge in [-0.25, -0.2) is 0 Å². The van der Waals surface area contributed by atoms with Crippen LogP contribution in [0.25, 0.3) is 0 Å². The van der Waals surface area contributed by atoms with E-state index in [0.717, 1.165) is 13.2 Å². The van der Waals surface area contributed by atoms with Gasteiger partial charge in [0.15, 0.2) is 0 Å². The van der Waals surface area contributed by atoms with E-state index in [0.29, 0.717) is 5.41 Å². The second-order valence-corrected chi connectivity index (χ2v) is 7.36. The maximum absolute atomic E-state index is 5.15. The number of methoxy groups -OCH3 is 1. The van der Waals surface area contributed by atoms with Crippen molar-refractivity contribution in [2.24, 2.45) is 5.41 Å². The summed E-state index contributed by atoms with van der Waals surface area (Å²) >= 11 is 0. The minimum absolute atomic E-state index is 0.554. The van der Waals surface area contributed by atoms with Crippen LogP contribution in [0.3, 0.4) is 0 Å². The molecule has 21 heavy (non-hydrogen) atoms. The Balaban J connectivity index is 1.95. The Morgan fingerprint density at radius 1 is 0.857 bits per heavy atom. The molecular formula is C18H38N2O. The molecule has 1 saturated heterocycles. The van der Waals surface area contributed by atoms with E-state index >= 15 is 0 Å². The van der Waals surface area contributed by atoms with E-state index < -0.39 is 0 Å². The molecule has 0 N–H and O–H groups in total. The molecule has 0 bridgehead atoms. The molecule has 0 saturated carbocycles.